The monoisotopic (exact) mass is 570 g/mol. The number of hydrogen-bond donors (Lipinski definition) is 3. The topological polar surface area (TPSA) is 177 Å². The van der Waals surface area contributed by atoms with Crippen LogP contribution in [0.2, 0.25) is 0 Å². The summed E-state index contributed by atoms with van der Waals surface area (Å²) < 4.78 is 10.6. The van der Waals surface area contributed by atoms with Gasteiger partial charge in [-0.1, -0.05) is 48.2 Å². The highest BCUT2D eigenvalue weighted by Gasteiger charge is 2.54. The van der Waals surface area contributed by atoms with Gasteiger partial charge in [0.2, 0.25) is 11.3 Å². The quantitative estimate of drug-likeness (QED) is 0.131. The Morgan fingerprint density at radius 1 is 1.26 bits per heavy atom. The van der Waals surface area contributed by atoms with E-state index < -0.39 is 41.5 Å². The summed E-state index contributed by atoms with van der Waals surface area (Å²) in [4.78, 5) is 52.2. The molecule has 1 aromatic carbocycles. The zero-order chi connectivity index (χ0) is 27.4. The van der Waals surface area contributed by atoms with Crippen LogP contribution in [-0.4, -0.2) is 83.6 Å². The highest BCUT2D eigenvalue weighted by atomic mass is 32.2. The van der Waals surface area contributed by atoms with Gasteiger partial charge in [-0.25, -0.2) is 9.59 Å². The number of benzene rings is 1. The molecule has 2 aliphatic heterocycles. The van der Waals surface area contributed by atoms with Gasteiger partial charge in [0, 0.05) is 11.5 Å². The Bertz CT molecular complexity index is 1360. The molecule has 3 heterocycles. The molecule has 39 heavy (non-hydrogen) atoms. The molecule has 1 aliphatic carbocycles. The number of thioether (sulfide) groups is 2. The lowest BCUT2D eigenvalue weighted by Gasteiger charge is -2.49. The number of carboxylic acid groups (broad SMARTS) is 1. The Balaban J connectivity index is 1.28. The van der Waals surface area contributed by atoms with Crippen LogP contribution >= 0.6 is 23.5 Å². The minimum Gasteiger partial charge on any atom is -0.477 e. The standard InChI is InChI=1S/C24H22N6O7S2/c31-19(18(13-7-3-1-4-8-13)37-24(35)36-15-9-5-2-6-10-15)25-16-20(32)30-17(22(33)34)14(11-38-21(16)30)12-39-23-26-28-29-27-23/h1-3,5-6,8-10,16,18,21H,4,7,11-12H2,(H,25,31)(H,33,34)(H,26,27,28,29)/t16?,18?,21-/m1/s1. The number of nitrogens with zero attached hydrogens (tertiary/aromatic N) is 4. The van der Waals surface area contributed by atoms with Crippen LogP contribution in [0.1, 0.15) is 12.8 Å². The first-order valence-electron chi connectivity index (χ1n) is 11.8. The number of aromatic amines is 1. The SMILES string of the molecule is O=C(Oc1ccccc1)OC(C(=O)NC1C(=O)N2C(C(=O)O)=C(CSc3nn[nH]n3)CS[C@H]12)C1=CCC=CC1. The minimum absolute atomic E-state index is 0.121. The van der Waals surface area contributed by atoms with Crippen LogP contribution in [-0.2, 0) is 19.1 Å². The molecule has 1 aromatic heterocycles. The number of carbonyl (C=O) groups is 4. The van der Waals surface area contributed by atoms with Gasteiger partial charge in [-0.15, -0.1) is 22.0 Å². The van der Waals surface area contributed by atoms with E-state index in [1.807, 2.05) is 12.2 Å². The summed E-state index contributed by atoms with van der Waals surface area (Å²) in [5.41, 5.74) is 0.956. The van der Waals surface area contributed by atoms with Crippen molar-refractivity contribution in [1.29, 1.82) is 0 Å². The van der Waals surface area contributed by atoms with Gasteiger partial charge in [-0.3, -0.25) is 14.5 Å². The normalized spacial score (nSPS) is 20.9. The molecule has 0 spiro atoms. The van der Waals surface area contributed by atoms with Crippen molar-refractivity contribution < 1.29 is 33.8 Å². The molecular weight excluding hydrogens is 548 g/mol. The Morgan fingerprint density at radius 3 is 2.77 bits per heavy atom. The molecule has 5 rings (SSSR count). The van der Waals surface area contributed by atoms with Crippen molar-refractivity contribution in [3.05, 3.63) is 65.4 Å². The highest BCUT2D eigenvalue weighted by Crippen LogP contribution is 2.41. The number of ether oxygens (including phenoxy) is 2. The van der Waals surface area contributed by atoms with Crippen LogP contribution in [0.3, 0.4) is 0 Å². The van der Waals surface area contributed by atoms with Crippen LogP contribution < -0.4 is 10.1 Å². The first-order chi connectivity index (χ1) is 18.9. The minimum atomic E-state index is -1.32. The van der Waals surface area contributed by atoms with Crippen LogP contribution in [0.25, 0.3) is 0 Å². The number of allylic oxidation sites excluding steroid dienone is 3. The number of nitrogens with one attached hydrogen (secondary N) is 2. The molecular formula is C24H22N6O7S2. The number of amides is 2. The van der Waals surface area contributed by atoms with Crippen molar-refractivity contribution in [3.63, 3.8) is 0 Å². The number of para-hydroxylation sites is 1. The average Bonchev–Trinajstić information content (AvgIpc) is 3.47. The second kappa shape index (κ2) is 11.7. The number of carbonyl (C=O) groups excluding carboxylic acids is 3. The fraction of sp³-hybridized carbons (Fsp3) is 0.292. The summed E-state index contributed by atoms with van der Waals surface area (Å²) in [6.45, 7) is 0. The summed E-state index contributed by atoms with van der Waals surface area (Å²) in [6.07, 6.45) is 4.11. The van der Waals surface area contributed by atoms with E-state index in [-0.39, 0.29) is 17.2 Å². The van der Waals surface area contributed by atoms with Crippen LogP contribution in [0.4, 0.5) is 4.79 Å². The van der Waals surface area contributed by atoms with Crippen molar-refractivity contribution in [3.8, 4) is 5.75 Å². The zero-order valence-corrected chi connectivity index (χ0v) is 21.8. The number of H-pyrrole nitrogens is 1. The number of aliphatic carboxylic acids is 1. The number of carboxylic acids is 1. The molecule has 0 saturated carbocycles. The Labute approximate surface area is 230 Å². The predicted octanol–water partition coefficient (Wildman–Crippen LogP) is 1.89. The lowest BCUT2D eigenvalue weighted by atomic mass is 9.98. The fourth-order valence-corrected chi connectivity index (χ4v) is 6.45. The molecule has 3 aliphatic rings. The molecule has 2 aromatic rings. The molecule has 3 N–H and O–H groups in total. The molecule has 1 saturated heterocycles. The number of aromatic nitrogens is 4. The van der Waals surface area contributed by atoms with E-state index in [4.69, 9.17) is 9.47 Å². The van der Waals surface area contributed by atoms with E-state index in [2.05, 4.69) is 25.9 Å². The summed E-state index contributed by atoms with van der Waals surface area (Å²) >= 11 is 2.52. The average molecular weight is 571 g/mol. The summed E-state index contributed by atoms with van der Waals surface area (Å²) in [7, 11) is 0. The molecule has 0 bridgehead atoms. The molecule has 202 valence electrons. The molecule has 15 heteroatoms. The predicted molar refractivity (Wildman–Crippen MR) is 138 cm³/mol. The van der Waals surface area contributed by atoms with Gasteiger partial charge in [-0.05, 0) is 41.3 Å². The van der Waals surface area contributed by atoms with Crippen LogP contribution in [0.5, 0.6) is 5.75 Å². The number of fused-ring (bicyclic) bond motifs is 1. The number of tetrazole rings is 1. The fourth-order valence-electron chi connectivity index (χ4n) is 4.22. The first kappa shape index (κ1) is 26.5. The van der Waals surface area contributed by atoms with Gasteiger partial charge in [-0.2, -0.15) is 5.21 Å². The van der Waals surface area contributed by atoms with Gasteiger partial charge >= 0.3 is 12.1 Å². The number of β-lactam (4-membered cyclic amide) rings is 1. The van der Waals surface area contributed by atoms with E-state index in [9.17, 15) is 24.3 Å². The van der Waals surface area contributed by atoms with E-state index in [1.165, 1.54) is 28.4 Å². The smallest absolute Gasteiger partial charge is 0.477 e. The summed E-state index contributed by atoms with van der Waals surface area (Å²) in [5, 5.41) is 25.7. The maximum atomic E-state index is 13.3. The van der Waals surface area contributed by atoms with Crippen LogP contribution in [0, 0.1) is 0 Å². The maximum Gasteiger partial charge on any atom is 0.514 e. The third-order valence-corrected chi connectivity index (χ3v) is 8.28. The Morgan fingerprint density at radius 2 is 2.08 bits per heavy atom. The van der Waals surface area contributed by atoms with E-state index in [0.29, 0.717) is 34.9 Å². The second-order valence-electron chi connectivity index (χ2n) is 8.49. The second-order valence-corrected chi connectivity index (χ2v) is 10.5. The Kier molecular flexibility index (Phi) is 7.97. The van der Waals surface area contributed by atoms with Crippen molar-refractivity contribution in [2.45, 2.75) is 35.5 Å². The van der Waals surface area contributed by atoms with Crippen LogP contribution in [0.15, 0.2) is 70.6 Å². The summed E-state index contributed by atoms with van der Waals surface area (Å²) in [5.74, 6) is -1.67. The number of rotatable bonds is 9. The van der Waals surface area contributed by atoms with Crippen molar-refractivity contribution in [2.24, 2.45) is 0 Å². The first-order valence-corrected chi connectivity index (χ1v) is 13.8. The van der Waals surface area contributed by atoms with Gasteiger partial charge in [0.05, 0.1) is 0 Å². The molecule has 1 fully saturated rings. The Hall–Kier alpha value is -4.11. The van der Waals surface area contributed by atoms with Gasteiger partial charge in [0.15, 0.2) is 0 Å². The van der Waals surface area contributed by atoms with Crippen molar-refractivity contribution in [2.75, 3.05) is 11.5 Å². The third-order valence-electron chi connectivity index (χ3n) is 6.02. The van der Waals surface area contributed by atoms with E-state index in [0.717, 1.165) is 0 Å². The molecule has 2 unspecified atom stereocenters. The van der Waals surface area contributed by atoms with Crippen molar-refractivity contribution >= 4 is 47.5 Å². The lowest BCUT2D eigenvalue weighted by molar-refractivity contribution is -0.151. The van der Waals surface area contributed by atoms with Crippen molar-refractivity contribution in [1.82, 2.24) is 30.8 Å². The summed E-state index contributed by atoms with van der Waals surface area (Å²) in [6, 6.07) is 7.29. The van der Waals surface area contributed by atoms with Gasteiger partial charge in [0.1, 0.15) is 22.9 Å². The molecule has 13 nitrogen and oxygen atoms in total. The number of hydrogen-bond acceptors (Lipinski definition) is 11. The van der Waals surface area contributed by atoms with E-state index >= 15 is 0 Å². The zero-order valence-electron chi connectivity index (χ0n) is 20.2. The van der Waals surface area contributed by atoms with Gasteiger partial charge < -0.3 is 19.9 Å². The maximum absolute atomic E-state index is 13.3. The molecule has 3 atom stereocenters. The van der Waals surface area contributed by atoms with Gasteiger partial charge in [0.25, 0.3) is 11.8 Å². The largest absolute Gasteiger partial charge is 0.514 e. The molecule has 0 radical (unpaired) electrons. The lowest BCUT2D eigenvalue weighted by Crippen LogP contribution is -2.71. The molecule has 2 amide bonds. The van der Waals surface area contributed by atoms with E-state index in [1.54, 1.807) is 36.4 Å². The third kappa shape index (κ3) is 5.83. The highest BCUT2D eigenvalue weighted by molar-refractivity contribution is 8.01.